The third-order valence-electron chi connectivity index (χ3n) is 7.38. The van der Waals surface area contributed by atoms with Gasteiger partial charge in [0.15, 0.2) is 0 Å². The fourth-order valence-corrected chi connectivity index (χ4v) is 6.14. The van der Waals surface area contributed by atoms with Crippen molar-refractivity contribution in [2.75, 3.05) is 12.0 Å². The van der Waals surface area contributed by atoms with Crippen LogP contribution in [0, 0.1) is 14.0 Å². The minimum absolute atomic E-state index is 0.0560. The number of anilines is 3. The van der Waals surface area contributed by atoms with Crippen LogP contribution >= 0.6 is 11.3 Å². The number of nitrogens with zero attached hydrogens (tertiary/aromatic N) is 4. The lowest BCUT2D eigenvalue weighted by Gasteiger charge is -2.24. The van der Waals surface area contributed by atoms with Crippen LogP contribution in [0.25, 0.3) is 33.2 Å². The fraction of sp³-hybridized carbons (Fsp3) is 0.0833. The molecule has 4 heterocycles. The Labute approximate surface area is 270 Å². The molecular formula is C36H30N4O5S. The fourth-order valence-electron chi connectivity index (χ4n) is 5.10. The van der Waals surface area contributed by atoms with E-state index in [1.807, 2.05) is 42.5 Å². The SMILES string of the molecule is [CH2-][n+]1c(-c2cc(OC=O)ccn2)cc(COO)cc1-c1cc(-c2ccc(N(c3ccc(C)cc3)c3ccc(OC)cc3)s2)ccn1. The summed E-state index contributed by atoms with van der Waals surface area (Å²) in [7, 11) is 5.94. The van der Waals surface area contributed by atoms with Gasteiger partial charge in [0.25, 0.3) is 6.47 Å². The second-order valence-electron chi connectivity index (χ2n) is 10.4. The van der Waals surface area contributed by atoms with Crippen LogP contribution < -0.4 is 18.9 Å². The van der Waals surface area contributed by atoms with Crippen molar-refractivity contribution in [2.24, 2.45) is 0 Å². The van der Waals surface area contributed by atoms with E-state index >= 15 is 0 Å². The van der Waals surface area contributed by atoms with Gasteiger partial charge < -0.3 is 18.9 Å². The van der Waals surface area contributed by atoms with Gasteiger partial charge in [0.2, 0.25) is 0 Å². The van der Waals surface area contributed by atoms with Crippen molar-refractivity contribution >= 4 is 34.2 Å². The maximum Gasteiger partial charge on any atom is 0.298 e. The molecule has 2 aromatic carbocycles. The highest BCUT2D eigenvalue weighted by molar-refractivity contribution is 7.19. The molecule has 0 fully saturated rings. The molecule has 1 N–H and O–H groups in total. The van der Waals surface area contributed by atoms with Crippen LogP contribution in [-0.2, 0) is 16.3 Å². The number of hydrogen-bond acceptors (Lipinski definition) is 9. The van der Waals surface area contributed by atoms with E-state index in [1.165, 1.54) is 5.56 Å². The van der Waals surface area contributed by atoms with Crippen molar-refractivity contribution in [1.82, 2.24) is 9.97 Å². The van der Waals surface area contributed by atoms with Crippen molar-refractivity contribution in [3.05, 3.63) is 128 Å². The highest BCUT2D eigenvalue weighted by atomic mass is 32.1. The molecule has 10 heteroatoms. The first-order valence-electron chi connectivity index (χ1n) is 14.3. The highest BCUT2D eigenvalue weighted by Crippen LogP contribution is 2.42. The molecular weight excluding hydrogens is 600 g/mol. The Morgan fingerprint density at radius 3 is 2.15 bits per heavy atom. The molecule has 0 aliphatic carbocycles. The van der Waals surface area contributed by atoms with Gasteiger partial charge in [-0.15, -0.1) is 11.3 Å². The van der Waals surface area contributed by atoms with Gasteiger partial charge in [-0.2, -0.15) is 0 Å². The van der Waals surface area contributed by atoms with Crippen LogP contribution in [0.1, 0.15) is 11.1 Å². The molecule has 0 unspecified atom stereocenters. The summed E-state index contributed by atoms with van der Waals surface area (Å²) in [6.07, 6.45) is 3.30. The molecule has 0 radical (unpaired) electrons. The van der Waals surface area contributed by atoms with Gasteiger partial charge in [0, 0.05) is 41.8 Å². The lowest BCUT2D eigenvalue weighted by atomic mass is 10.1. The Balaban J connectivity index is 1.40. The minimum Gasteiger partial charge on any atom is -0.497 e. The molecule has 46 heavy (non-hydrogen) atoms. The van der Waals surface area contributed by atoms with E-state index in [1.54, 1.807) is 53.6 Å². The number of hydrogen-bond donors (Lipinski definition) is 1. The number of ether oxygens (including phenoxy) is 2. The molecule has 0 saturated heterocycles. The highest BCUT2D eigenvalue weighted by Gasteiger charge is 2.18. The number of aromatic nitrogens is 3. The number of rotatable bonds is 11. The van der Waals surface area contributed by atoms with E-state index in [4.69, 9.17) is 9.47 Å². The zero-order valence-corrected chi connectivity index (χ0v) is 26.0. The molecule has 0 amide bonds. The molecule has 0 saturated carbocycles. The van der Waals surface area contributed by atoms with Crippen molar-refractivity contribution in [1.29, 1.82) is 0 Å². The maximum absolute atomic E-state index is 10.9. The van der Waals surface area contributed by atoms with Crippen LogP contribution in [0.5, 0.6) is 11.5 Å². The molecule has 0 spiro atoms. The molecule has 4 aromatic heterocycles. The number of aryl methyl sites for hydroxylation is 1. The molecule has 0 aliphatic rings. The molecule has 0 bridgehead atoms. The summed E-state index contributed by atoms with van der Waals surface area (Å²) < 4.78 is 12.1. The number of carbonyl (C=O) groups is 1. The third kappa shape index (κ3) is 6.45. The molecule has 0 aliphatic heterocycles. The summed E-state index contributed by atoms with van der Waals surface area (Å²) in [4.78, 5) is 27.8. The van der Waals surface area contributed by atoms with Gasteiger partial charge in [-0.3, -0.25) is 20.0 Å². The molecule has 230 valence electrons. The molecule has 6 aromatic rings. The zero-order chi connectivity index (χ0) is 32.0. The third-order valence-corrected chi connectivity index (χ3v) is 8.50. The summed E-state index contributed by atoms with van der Waals surface area (Å²) in [6, 6.07) is 31.5. The molecule has 0 atom stereocenters. The second-order valence-corrected chi connectivity index (χ2v) is 11.4. The Hall–Kier alpha value is -5.55. The van der Waals surface area contributed by atoms with Crippen LogP contribution in [0.2, 0.25) is 0 Å². The summed E-state index contributed by atoms with van der Waals surface area (Å²) in [5.74, 6) is 1.13. The predicted molar refractivity (Wildman–Crippen MR) is 177 cm³/mol. The molecule has 9 nitrogen and oxygen atoms in total. The topological polar surface area (TPSA) is 97.9 Å². The van der Waals surface area contributed by atoms with Crippen molar-refractivity contribution in [3.63, 3.8) is 0 Å². The minimum atomic E-state index is -0.0560. The largest absolute Gasteiger partial charge is 0.497 e. The number of methoxy groups -OCH3 is 1. The van der Waals surface area contributed by atoms with Crippen LogP contribution in [0.15, 0.2) is 109 Å². The van der Waals surface area contributed by atoms with E-state index in [0.29, 0.717) is 40.6 Å². The van der Waals surface area contributed by atoms with Crippen LogP contribution in [0.3, 0.4) is 0 Å². The lowest BCUT2D eigenvalue weighted by molar-refractivity contribution is -0.589. The zero-order valence-electron chi connectivity index (χ0n) is 25.2. The number of thiophene rings is 1. The van der Waals surface area contributed by atoms with E-state index in [0.717, 1.165) is 32.6 Å². The first-order valence-corrected chi connectivity index (χ1v) is 15.1. The Kier molecular flexibility index (Phi) is 9.02. The monoisotopic (exact) mass is 630 g/mol. The number of pyridine rings is 3. The Morgan fingerprint density at radius 2 is 1.50 bits per heavy atom. The van der Waals surface area contributed by atoms with E-state index in [2.05, 4.69) is 70.1 Å². The second kappa shape index (κ2) is 13.6. The summed E-state index contributed by atoms with van der Waals surface area (Å²) in [5.41, 5.74) is 7.36. The van der Waals surface area contributed by atoms with Gasteiger partial charge >= 0.3 is 0 Å². The van der Waals surface area contributed by atoms with Crippen LogP contribution in [0.4, 0.5) is 16.4 Å². The first kappa shape index (κ1) is 30.5. The summed E-state index contributed by atoms with van der Waals surface area (Å²) in [5, 5.41) is 10.3. The number of carbonyl (C=O) groups excluding carboxylic acids is 1. The summed E-state index contributed by atoms with van der Waals surface area (Å²) >= 11 is 1.66. The standard InChI is InChI=1S/C36H30N4O5S/c1-24-4-6-27(7-5-24)40(28-8-10-29(43-3)11-9-28)36-13-12-35(46-36)26-14-16-37-31(20-26)33-18-25(22-45-42)19-34(39(33)2)32-21-30(44-23-41)15-17-38-32/h4-21,23,42H,2,22H2,1,3H3. The first-order chi connectivity index (χ1) is 22.5. The van der Waals surface area contributed by atoms with Crippen molar-refractivity contribution in [2.45, 2.75) is 13.5 Å². The average molecular weight is 631 g/mol. The number of benzene rings is 2. The Bertz CT molecular complexity index is 1980. The van der Waals surface area contributed by atoms with Crippen molar-refractivity contribution in [3.8, 4) is 44.7 Å². The van der Waals surface area contributed by atoms with E-state index < -0.39 is 0 Å². The van der Waals surface area contributed by atoms with E-state index in [-0.39, 0.29) is 6.61 Å². The average Bonchev–Trinajstić information content (AvgIpc) is 3.57. The van der Waals surface area contributed by atoms with Gasteiger partial charge in [-0.05, 0) is 96.9 Å². The Morgan fingerprint density at radius 1 is 0.848 bits per heavy atom. The van der Waals surface area contributed by atoms with Gasteiger partial charge in [-0.25, -0.2) is 4.89 Å². The lowest BCUT2D eigenvalue weighted by Crippen LogP contribution is -2.32. The maximum atomic E-state index is 10.9. The van der Waals surface area contributed by atoms with Gasteiger partial charge in [-0.1, -0.05) is 17.7 Å². The predicted octanol–water partition coefficient (Wildman–Crippen LogP) is 7.78. The summed E-state index contributed by atoms with van der Waals surface area (Å²) in [6.45, 7) is 2.38. The van der Waals surface area contributed by atoms with Gasteiger partial charge in [0.1, 0.15) is 34.5 Å². The quantitative estimate of drug-likeness (QED) is 0.0510. The van der Waals surface area contributed by atoms with Gasteiger partial charge in [0.05, 0.1) is 18.5 Å². The van der Waals surface area contributed by atoms with E-state index in [9.17, 15) is 10.1 Å². The smallest absolute Gasteiger partial charge is 0.298 e. The molecule has 6 rings (SSSR count). The van der Waals surface area contributed by atoms with Crippen molar-refractivity contribution < 1.29 is 29.0 Å². The van der Waals surface area contributed by atoms with Crippen LogP contribution in [-0.4, -0.2) is 28.8 Å². The normalized spacial score (nSPS) is 10.8.